The monoisotopic (exact) mass is 317 g/mol. The van der Waals surface area contributed by atoms with Crippen LogP contribution in [-0.4, -0.2) is 10.3 Å². The van der Waals surface area contributed by atoms with Crippen molar-refractivity contribution in [2.24, 2.45) is 5.73 Å². The van der Waals surface area contributed by atoms with Crippen molar-refractivity contribution in [1.82, 2.24) is 10.6 Å². The van der Waals surface area contributed by atoms with Gasteiger partial charge in [-0.15, -0.1) is 0 Å². The largest absolute Gasteiger partial charge is 0.431 e. The topological polar surface area (TPSA) is 59.3 Å². The second-order valence-electron chi connectivity index (χ2n) is 3.16. The molecule has 1 aromatic rings. The molecule has 2 rings (SSSR count). The molecule has 84 valence electrons. The maximum Gasteiger partial charge on any atom is 0.264 e. The van der Waals surface area contributed by atoms with Crippen molar-refractivity contribution in [3.05, 3.63) is 28.2 Å². The number of halogens is 1. The average Bonchev–Trinajstić information content (AvgIpc) is 2.18. The van der Waals surface area contributed by atoms with E-state index in [1.54, 1.807) is 0 Å². The van der Waals surface area contributed by atoms with Crippen LogP contribution < -0.4 is 21.1 Å². The van der Waals surface area contributed by atoms with Gasteiger partial charge in [-0.1, -0.05) is 15.9 Å². The first kappa shape index (κ1) is 11.6. The van der Waals surface area contributed by atoms with E-state index in [-0.39, 0.29) is 11.3 Å². The van der Waals surface area contributed by atoms with Crippen LogP contribution in [-0.2, 0) is 0 Å². The molecule has 4 N–H and O–H groups in total. The Hall–Kier alpha value is -0.920. The van der Waals surface area contributed by atoms with E-state index in [1.807, 2.05) is 18.2 Å². The molecule has 0 saturated heterocycles. The molecule has 0 aromatic heterocycles. The Kier molecular flexibility index (Phi) is 3.27. The summed E-state index contributed by atoms with van der Waals surface area (Å²) in [6.07, 6.45) is -0.258. The zero-order chi connectivity index (χ0) is 11.7. The Bertz CT molecular complexity index is 466. The second-order valence-corrected chi connectivity index (χ2v) is 4.88. The molecule has 0 bridgehead atoms. The lowest BCUT2D eigenvalue weighted by molar-refractivity contribution is 0.441. The van der Waals surface area contributed by atoms with Crippen LogP contribution in [0.2, 0.25) is 0 Å². The van der Waals surface area contributed by atoms with Crippen molar-refractivity contribution >= 4 is 50.7 Å². The van der Waals surface area contributed by atoms with E-state index in [2.05, 4.69) is 26.6 Å². The fourth-order valence-electron chi connectivity index (χ4n) is 1.42. The first-order valence-corrected chi connectivity index (χ1v) is 6.01. The summed E-state index contributed by atoms with van der Waals surface area (Å²) < 4.78 is 6.32. The zero-order valence-electron chi connectivity index (χ0n) is 7.99. The molecule has 0 aliphatic carbocycles. The first-order chi connectivity index (χ1) is 7.56. The van der Waals surface area contributed by atoms with Crippen LogP contribution in [0.4, 0.5) is 0 Å². The van der Waals surface area contributed by atoms with Gasteiger partial charge in [-0.3, -0.25) is 0 Å². The molecule has 0 saturated carbocycles. The first-order valence-electron chi connectivity index (χ1n) is 4.40. The predicted octanol–water partition coefficient (Wildman–Crippen LogP) is 1.55. The number of nitrogens with two attached hydrogens (primary N) is 1. The number of fused-ring (bicyclic) bond motifs is 1. The molecule has 1 aliphatic heterocycles. The third kappa shape index (κ3) is 2.42. The van der Waals surface area contributed by atoms with E-state index < -0.39 is 0 Å². The highest BCUT2D eigenvalue weighted by Gasteiger charge is 2.24. The van der Waals surface area contributed by atoms with Crippen molar-refractivity contribution in [3.8, 4) is 5.75 Å². The molecule has 4 nitrogen and oxygen atoms in total. The number of hydrogen-bond donors (Lipinski definition) is 3. The minimum atomic E-state index is -0.258. The minimum absolute atomic E-state index is 0.202. The molecular formula is C9H8BrN3OS2. The van der Waals surface area contributed by atoms with Crippen molar-refractivity contribution in [1.29, 1.82) is 0 Å². The maximum atomic E-state index is 5.45. The van der Waals surface area contributed by atoms with Gasteiger partial charge in [-0.25, -0.2) is 0 Å². The number of ether oxygens (including phenoxy) is 1. The zero-order valence-corrected chi connectivity index (χ0v) is 11.2. The molecular weight excluding hydrogens is 310 g/mol. The third-order valence-corrected chi connectivity index (χ3v) is 2.85. The number of nitrogens with one attached hydrogen (secondary N) is 2. The van der Waals surface area contributed by atoms with E-state index >= 15 is 0 Å². The lowest BCUT2D eigenvalue weighted by atomic mass is 10.1. The van der Waals surface area contributed by atoms with Crippen LogP contribution in [0.15, 0.2) is 22.7 Å². The predicted molar refractivity (Wildman–Crippen MR) is 73.2 cm³/mol. The van der Waals surface area contributed by atoms with Gasteiger partial charge in [0.05, 0.1) is 0 Å². The van der Waals surface area contributed by atoms with E-state index in [4.69, 9.17) is 34.9 Å². The van der Waals surface area contributed by atoms with E-state index in [0.717, 1.165) is 10.0 Å². The van der Waals surface area contributed by atoms with Crippen molar-refractivity contribution < 1.29 is 4.74 Å². The third-order valence-electron chi connectivity index (χ3n) is 2.03. The van der Waals surface area contributed by atoms with Gasteiger partial charge in [0, 0.05) is 10.0 Å². The van der Waals surface area contributed by atoms with Gasteiger partial charge in [-0.05, 0) is 42.6 Å². The summed E-state index contributed by atoms with van der Waals surface area (Å²) >= 11 is 13.2. The van der Waals surface area contributed by atoms with Crippen LogP contribution in [0.1, 0.15) is 11.7 Å². The summed E-state index contributed by atoms with van der Waals surface area (Å²) in [5.41, 5.74) is 6.35. The minimum Gasteiger partial charge on any atom is -0.431 e. The highest BCUT2D eigenvalue weighted by Crippen LogP contribution is 2.30. The van der Waals surface area contributed by atoms with Crippen LogP contribution >= 0.6 is 40.4 Å². The number of rotatable bonds is 1. The highest BCUT2D eigenvalue weighted by atomic mass is 79.9. The summed E-state index contributed by atoms with van der Waals surface area (Å²) in [5.74, 6) is 0.695. The lowest BCUT2D eigenvalue weighted by Crippen LogP contribution is -2.46. The van der Waals surface area contributed by atoms with Crippen LogP contribution in [0.5, 0.6) is 5.75 Å². The Morgan fingerprint density at radius 2 is 2.31 bits per heavy atom. The smallest absolute Gasteiger partial charge is 0.264 e. The van der Waals surface area contributed by atoms with Gasteiger partial charge < -0.3 is 21.1 Å². The fourth-order valence-corrected chi connectivity index (χ4v) is 2.12. The van der Waals surface area contributed by atoms with Crippen molar-refractivity contribution in [3.63, 3.8) is 0 Å². The molecule has 0 amide bonds. The lowest BCUT2D eigenvalue weighted by Gasteiger charge is -2.28. The molecule has 7 heteroatoms. The Labute approximate surface area is 112 Å². The van der Waals surface area contributed by atoms with Crippen molar-refractivity contribution in [2.45, 2.75) is 6.17 Å². The molecule has 0 unspecified atom stereocenters. The summed E-state index contributed by atoms with van der Waals surface area (Å²) in [5, 5.41) is 6.34. The van der Waals surface area contributed by atoms with E-state index in [1.165, 1.54) is 0 Å². The van der Waals surface area contributed by atoms with Gasteiger partial charge >= 0.3 is 0 Å². The number of thiocarbonyl (C=S) groups is 2. The van der Waals surface area contributed by atoms with Gasteiger partial charge in [0.25, 0.3) is 5.17 Å². The van der Waals surface area contributed by atoms with Crippen LogP contribution in [0.25, 0.3) is 0 Å². The fraction of sp³-hybridized carbons (Fsp3) is 0.111. The number of benzene rings is 1. The molecule has 0 radical (unpaired) electrons. The molecule has 1 heterocycles. The summed E-state index contributed by atoms with van der Waals surface area (Å²) in [6, 6.07) is 5.63. The van der Waals surface area contributed by atoms with Gasteiger partial charge in [-0.2, -0.15) is 0 Å². The quantitative estimate of drug-likeness (QED) is 0.683. The van der Waals surface area contributed by atoms with Crippen molar-refractivity contribution in [2.75, 3.05) is 0 Å². The van der Waals surface area contributed by atoms with Crippen LogP contribution in [0, 0.1) is 0 Å². The molecule has 0 spiro atoms. The van der Waals surface area contributed by atoms with Gasteiger partial charge in [0.2, 0.25) is 0 Å². The second kappa shape index (κ2) is 4.52. The van der Waals surface area contributed by atoms with E-state index in [9.17, 15) is 0 Å². The SMILES string of the molecule is NC(=S)N[C@@H]1NC(=S)Oc2ccc(Br)cc21. The summed E-state index contributed by atoms with van der Waals surface area (Å²) in [6.45, 7) is 0. The molecule has 1 aliphatic rings. The Morgan fingerprint density at radius 3 is 3.00 bits per heavy atom. The van der Waals surface area contributed by atoms with Gasteiger partial charge in [0.15, 0.2) is 5.11 Å². The van der Waals surface area contributed by atoms with E-state index in [0.29, 0.717) is 10.9 Å². The summed E-state index contributed by atoms with van der Waals surface area (Å²) in [4.78, 5) is 0. The number of hydrogen-bond acceptors (Lipinski definition) is 3. The molecule has 16 heavy (non-hydrogen) atoms. The summed E-state index contributed by atoms with van der Waals surface area (Å²) in [7, 11) is 0. The van der Waals surface area contributed by atoms with Crippen LogP contribution in [0.3, 0.4) is 0 Å². The normalized spacial score (nSPS) is 18.1. The Balaban J connectivity index is 2.39. The Morgan fingerprint density at radius 1 is 1.56 bits per heavy atom. The molecule has 0 fully saturated rings. The molecule has 1 atom stereocenters. The maximum absolute atomic E-state index is 5.45. The standard InChI is InChI=1S/C9H8BrN3OS2/c10-4-1-2-6-5(3-4)7(12-8(11)15)13-9(16)14-6/h1-3,7H,(H,13,16)(H3,11,12,15)/t7-/m1/s1. The molecule has 1 aromatic carbocycles. The highest BCUT2D eigenvalue weighted by molar-refractivity contribution is 9.10. The van der Waals surface area contributed by atoms with Gasteiger partial charge in [0.1, 0.15) is 11.9 Å². The average molecular weight is 318 g/mol.